The van der Waals surface area contributed by atoms with Gasteiger partial charge in [-0.15, -0.1) is 0 Å². The molecule has 0 atom stereocenters. The average molecular weight is 591 g/mol. The van der Waals surface area contributed by atoms with Gasteiger partial charge in [-0.3, -0.25) is 23.7 Å². The first kappa shape index (κ1) is 30.4. The number of carbonyl (C=O) groups excluding carboxylic acids is 3. The number of aromatic nitrogens is 2. The van der Waals surface area contributed by atoms with E-state index >= 15 is 0 Å². The van der Waals surface area contributed by atoms with Gasteiger partial charge in [-0.2, -0.15) is 0 Å². The number of amides is 3. The van der Waals surface area contributed by atoms with Crippen LogP contribution in [0.2, 0.25) is 5.02 Å². The molecule has 1 aromatic carbocycles. The topological polar surface area (TPSA) is 137 Å². The fraction of sp³-hybridized carbons (Fsp3) is 0.536. The van der Waals surface area contributed by atoms with Gasteiger partial charge in [0.05, 0.1) is 10.6 Å². The third-order valence-corrected chi connectivity index (χ3v) is 8.62. The quantitative estimate of drug-likeness (QED) is 0.400. The lowest BCUT2D eigenvalue weighted by Gasteiger charge is -2.44. The van der Waals surface area contributed by atoms with Crippen molar-refractivity contribution in [2.45, 2.75) is 58.2 Å². The molecule has 3 amide bonds. The van der Waals surface area contributed by atoms with Crippen LogP contribution in [0.4, 0.5) is 4.39 Å². The van der Waals surface area contributed by atoms with E-state index in [1.165, 1.54) is 36.9 Å². The fourth-order valence-corrected chi connectivity index (χ4v) is 6.06. The number of likely N-dealkylation sites (N-methyl/N-ethyl adjacent to an activating group) is 1. The van der Waals surface area contributed by atoms with Crippen molar-refractivity contribution < 1.29 is 23.9 Å². The Morgan fingerprint density at radius 3 is 2.41 bits per heavy atom. The molecule has 1 aliphatic carbocycles. The first-order chi connectivity index (χ1) is 19.4. The summed E-state index contributed by atoms with van der Waals surface area (Å²) >= 11 is 5.83. The molecule has 1 aromatic heterocycles. The molecular weight excluding hydrogens is 555 g/mol. The molecule has 2 aromatic rings. The van der Waals surface area contributed by atoms with Gasteiger partial charge in [0.15, 0.2) is 5.69 Å². The number of benzene rings is 1. The van der Waals surface area contributed by atoms with E-state index in [2.05, 4.69) is 34.4 Å². The predicted octanol–water partition coefficient (Wildman–Crippen LogP) is 1.99. The molecule has 3 heterocycles. The zero-order valence-electron chi connectivity index (χ0n) is 23.7. The summed E-state index contributed by atoms with van der Waals surface area (Å²) in [7, 11) is 2.92. The van der Waals surface area contributed by atoms with E-state index in [0.29, 0.717) is 32.2 Å². The van der Waals surface area contributed by atoms with Crippen molar-refractivity contribution in [1.82, 2.24) is 30.0 Å². The molecule has 13 heteroatoms. The highest BCUT2D eigenvalue weighted by atomic mass is 35.5. The monoisotopic (exact) mass is 590 g/mol. The number of nitrogens with zero attached hydrogens (tertiary/aromatic N) is 4. The van der Waals surface area contributed by atoms with Crippen molar-refractivity contribution in [3.05, 3.63) is 56.5 Å². The second-order valence-corrected chi connectivity index (χ2v) is 11.5. The molecule has 3 N–H and O–H groups in total. The molecule has 222 valence electrons. The summed E-state index contributed by atoms with van der Waals surface area (Å²) in [6.45, 7) is 6.41. The minimum Gasteiger partial charge on any atom is -0.501 e. The van der Waals surface area contributed by atoms with E-state index in [0.717, 1.165) is 18.0 Å². The number of carbonyl (C=O) groups is 3. The van der Waals surface area contributed by atoms with Crippen LogP contribution in [0.5, 0.6) is 5.75 Å². The van der Waals surface area contributed by atoms with Crippen LogP contribution in [0, 0.1) is 11.2 Å². The van der Waals surface area contributed by atoms with Crippen molar-refractivity contribution in [1.29, 1.82) is 0 Å². The first-order valence-electron chi connectivity index (χ1n) is 13.7. The number of nitrogens with one attached hydrogen (secondary N) is 2. The number of hydrogen-bond acceptors (Lipinski definition) is 7. The van der Waals surface area contributed by atoms with Crippen LogP contribution in [0.15, 0.2) is 23.0 Å². The second kappa shape index (κ2) is 11.8. The standard InChI is InChI=1S/C28H36ClFN6O5/c1-5-35(6-2)15-27-10-12-28(13-11-27,33-23(39)25(41)34(3)4)26-32-20(21(37)24(40)36(26)16-27)22(38)31-14-17-8-7-9-18(29)19(17)30/h7-9,37H,5-6,10-16H2,1-4H3,(H,31,38)(H,33,39). The van der Waals surface area contributed by atoms with Gasteiger partial charge in [-0.1, -0.05) is 37.6 Å². The Morgan fingerprint density at radius 1 is 1.15 bits per heavy atom. The lowest BCUT2D eigenvalue weighted by Crippen LogP contribution is -2.54. The van der Waals surface area contributed by atoms with Gasteiger partial charge in [-0.25, -0.2) is 9.37 Å². The molecule has 0 saturated heterocycles. The predicted molar refractivity (Wildman–Crippen MR) is 150 cm³/mol. The Kier molecular flexibility index (Phi) is 8.74. The lowest BCUT2D eigenvalue weighted by molar-refractivity contribution is -0.145. The van der Waals surface area contributed by atoms with Crippen molar-refractivity contribution in [2.24, 2.45) is 5.41 Å². The molecule has 11 nitrogen and oxygen atoms in total. The zero-order chi connectivity index (χ0) is 30.1. The van der Waals surface area contributed by atoms with Crippen molar-refractivity contribution >= 4 is 29.3 Å². The summed E-state index contributed by atoms with van der Waals surface area (Å²) in [6, 6.07) is 4.35. The summed E-state index contributed by atoms with van der Waals surface area (Å²) < 4.78 is 15.7. The molecule has 2 bridgehead atoms. The average Bonchev–Trinajstić information content (AvgIpc) is 3.16. The highest BCUT2D eigenvalue weighted by Gasteiger charge is 2.52. The van der Waals surface area contributed by atoms with Gasteiger partial charge in [0.2, 0.25) is 5.75 Å². The Labute approximate surface area is 242 Å². The molecule has 1 saturated carbocycles. The molecular formula is C28H36ClFN6O5. The molecule has 1 fully saturated rings. The van der Waals surface area contributed by atoms with Crippen LogP contribution >= 0.6 is 11.6 Å². The summed E-state index contributed by atoms with van der Waals surface area (Å²) in [5.41, 5.74) is -2.81. The second-order valence-electron chi connectivity index (χ2n) is 11.1. The lowest BCUT2D eigenvalue weighted by atomic mass is 9.68. The number of hydrogen-bond donors (Lipinski definition) is 3. The van der Waals surface area contributed by atoms with E-state index in [-0.39, 0.29) is 34.9 Å². The van der Waals surface area contributed by atoms with E-state index < -0.39 is 46.1 Å². The molecule has 3 aliphatic rings. The van der Waals surface area contributed by atoms with Gasteiger partial charge in [0, 0.05) is 44.7 Å². The Hall–Kier alpha value is -3.51. The maximum Gasteiger partial charge on any atom is 0.311 e. The summed E-state index contributed by atoms with van der Waals surface area (Å²) in [6.07, 6.45) is 2.01. The molecule has 0 radical (unpaired) electrons. The Balaban J connectivity index is 1.77. The first-order valence-corrected chi connectivity index (χ1v) is 14.1. The molecule has 0 unspecified atom stereocenters. The largest absolute Gasteiger partial charge is 0.501 e. The van der Waals surface area contributed by atoms with Crippen LogP contribution in [0.25, 0.3) is 0 Å². The molecule has 0 spiro atoms. The van der Waals surface area contributed by atoms with Crippen LogP contribution < -0.4 is 16.2 Å². The molecule has 5 rings (SSSR count). The van der Waals surface area contributed by atoms with Crippen LogP contribution in [0.3, 0.4) is 0 Å². The maximum absolute atomic E-state index is 14.4. The van der Waals surface area contributed by atoms with Crippen molar-refractivity contribution in [3.63, 3.8) is 0 Å². The van der Waals surface area contributed by atoms with Crippen molar-refractivity contribution in [2.75, 3.05) is 33.7 Å². The van der Waals surface area contributed by atoms with Gasteiger partial charge in [0.25, 0.3) is 11.5 Å². The minimum atomic E-state index is -1.22. The van der Waals surface area contributed by atoms with Crippen LogP contribution in [-0.4, -0.2) is 75.9 Å². The van der Waals surface area contributed by atoms with Gasteiger partial charge in [-0.05, 0) is 44.8 Å². The fourth-order valence-electron chi connectivity index (χ4n) is 5.87. The number of rotatable bonds is 8. The van der Waals surface area contributed by atoms with E-state index in [4.69, 9.17) is 11.6 Å². The zero-order valence-corrected chi connectivity index (χ0v) is 24.5. The molecule has 41 heavy (non-hydrogen) atoms. The minimum absolute atomic E-state index is 0.109. The van der Waals surface area contributed by atoms with Crippen LogP contribution in [-0.2, 0) is 28.2 Å². The molecule has 2 aliphatic heterocycles. The Morgan fingerprint density at radius 2 is 1.80 bits per heavy atom. The van der Waals surface area contributed by atoms with Crippen molar-refractivity contribution in [3.8, 4) is 5.75 Å². The van der Waals surface area contributed by atoms with Gasteiger partial charge < -0.3 is 25.5 Å². The third-order valence-electron chi connectivity index (χ3n) is 8.32. The number of aromatic hydroxyl groups is 1. The SMILES string of the molecule is CCN(CC)CC12CCC(NC(=O)C(=O)N(C)C)(CC1)c1nc(C(=O)NCc3cccc(Cl)c3F)c(O)c(=O)n1C2. The normalized spacial score (nSPS) is 21.2. The van der Waals surface area contributed by atoms with E-state index in [1.54, 1.807) is 0 Å². The number of fused-ring (bicyclic) bond motifs is 2. The summed E-state index contributed by atoms with van der Waals surface area (Å²) in [4.78, 5) is 60.2. The van der Waals surface area contributed by atoms with E-state index in [1.807, 2.05) is 0 Å². The number of halogens is 2. The third kappa shape index (κ3) is 5.80. The van der Waals surface area contributed by atoms with Gasteiger partial charge in [0.1, 0.15) is 11.6 Å². The Bertz CT molecular complexity index is 1420. The summed E-state index contributed by atoms with van der Waals surface area (Å²) in [5, 5.41) is 16.1. The highest BCUT2D eigenvalue weighted by molar-refractivity contribution is 6.35. The maximum atomic E-state index is 14.4. The smallest absolute Gasteiger partial charge is 0.311 e. The summed E-state index contributed by atoms with van der Waals surface area (Å²) in [5.74, 6) is -3.95. The van der Waals surface area contributed by atoms with E-state index in [9.17, 15) is 28.7 Å². The van der Waals surface area contributed by atoms with Crippen LogP contribution in [0.1, 0.15) is 61.4 Å². The highest BCUT2D eigenvalue weighted by Crippen LogP contribution is 2.50. The van der Waals surface area contributed by atoms with Gasteiger partial charge >= 0.3 is 11.8 Å².